The molecule has 0 radical (unpaired) electrons. The quantitative estimate of drug-likeness (QED) is 0.654. The molecule has 2 aliphatic rings. The Morgan fingerprint density at radius 1 is 1.29 bits per heavy atom. The Balaban J connectivity index is 1.80. The molecule has 0 aromatic rings. The number of carbonyl (C=O) groups is 1. The standard InChI is InChI=1S/C14H23NO2/c1-14(2,3)17-13(16)15-8-6-12(7-9-15)10-11-4-5-11/h10-11H,4-9H2,1-3H3. The molecule has 0 unspecified atom stereocenters. The molecule has 17 heavy (non-hydrogen) atoms. The van der Waals surface area contributed by atoms with E-state index >= 15 is 0 Å². The van der Waals surface area contributed by atoms with E-state index in [1.807, 2.05) is 25.7 Å². The number of carbonyl (C=O) groups excluding carboxylic acids is 1. The number of rotatable bonds is 1. The van der Waals surface area contributed by atoms with Gasteiger partial charge in [-0.15, -0.1) is 0 Å². The fourth-order valence-corrected chi connectivity index (χ4v) is 2.07. The van der Waals surface area contributed by atoms with Gasteiger partial charge in [-0.2, -0.15) is 0 Å². The Hall–Kier alpha value is -0.990. The van der Waals surface area contributed by atoms with Crippen LogP contribution in [0.15, 0.2) is 11.6 Å². The van der Waals surface area contributed by atoms with Gasteiger partial charge in [0, 0.05) is 13.1 Å². The molecule has 1 heterocycles. The Morgan fingerprint density at radius 3 is 2.35 bits per heavy atom. The highest BCUT2D eigenvalue weighted by atomic mass is 16.6. The predicted octanol–water partition coefficient (Wildman–Crippen LogP) is 3.35. The van der Waals surface area contributed by atoms with E-state index in [-0.39, 0.29) is 11.7 Å². The van der Waals surface area contributed by atoms with Crippen molar-refractivity contribution in [2.45, 2.75) is 52.1 Å². The molecule has 0 spiro atoms. The van der Waals surface area contributed by atoms with Crippen LogP contribution >= 0.6 is 0 Å². The van der Waals surface area contributed by atoms with E-state index in [1.54, 1.807) is 0 Å². The fraction of sp³-hybridized carbons (Fsp3) is 0.786. The number of allylic oxidation sites excluding steroid dienone is 1. The summed E-state index contributed by atoms with van der Waals surface area (Å²) in [6.45, 7) is 7.36. The van der Waals surface area contributed by atoms with Crippen molar-refractivity contribution in [3.05, 3.63) is 11.6 Å². The second kappa shape index (κ2) is 4.71. The lowest BCUT2D eigenvalue weighted by atomic mass is 10.0. The summed E-state index contributed by atoms with van der Waals surface area (Å²) in [6.07, 6.45) is 7.03. The first kappa shape index (κ1) is 12.5. The van der Waals surface area contributed by atoms with E-state index in [2.05, 4.69) is 6.08 Å². The second-order valence-electron chi connectivity index (χ2n) is 6.13. The van der Waals surface area contributed by atoms with Crippen LogP contribution in [0.1, 0.15) is 46.5 Å². The molecule has 1 aliphatic heterocycles. The highest BCUT2D eigenvalue weighted by molar-refractivity contribution is 5.68. The van der Waals surface area contributed by atoms with E-state index in [9.17, 15) is 4.79 Å². The Bertz CT molecular complexity index is 314. The molecular formula is C14H23NO2. The number of likely N-dealkylation sites (tertiary alicyclic amines) is 1. The average molecular weight is 237 g/mol. The molecular weight excluding hydrogens is 214 g/mol. The number of hydrogen-bond donors (Lipinski definition) is 0. The smallest absolute Gasteiger partial charge is 0.410 e. The summed E-state index contributed by atoms with van der Waals surface area (Å²) in [7, 11) is 0. The van der Waals surface area contributed by atoms with Crippen LogP contribution in [-0.4, -0.2) is 29.7 Å². The van der Waals surface area contributed by atoms with Crippen LogP contribution in [0.3, 0.4) is 0 Å². The topological polar surface area (TPSA) is 29.5 Å². The molecule has 3 heteroatoms. The third kappa shape index (κ3) is 4.06. The number of ether oxygens (including phenoxy) is 1. The van der Waals surface area contributed by atoms with Crippen LogP contribution < -0.4 is 0 Å². The summed E-state index contributed by atoms with van der Waals surface area (Å²) >= 11 is 0. The van der Waals surface area contributed by atoms with Gasteiger partial charge < -0.3 is 9.64 Å². The van der Waals surface area contributed by atoms with Crippen molar-refractivity contribution in [3.8, 4) is 0 Å². The third-order valence-corrected chi connectivity index (χ3v) is 3.15. The minimum atomic E-state index is -0.388. The summed E-state index contributed by atoms with van der Waals surface area (Å²) in [5.41, 5.74) is 1.15. The maximum absolute atomic E-state index is 11.8. The molecule has 0 bridgehead atoms. The molecule has 0 aromatic carbocycles. The molecule has 0 aromatic heterocycles. The molecule has 3 nitrogen and oxygen atoms in total. The van der Waals surface area contributed by atoms with E-state index < -0.39 is 0 Å². The van der Waals surface area contributed by atoms with Gasteiger partial charge in [0.25, 0.3) is 0 Å². The normalized spacial score (nSPS) is 21.4. The van der Waals surface area contributed by atoms with Crippen LogP contribution in [-0.2, 0) is 4.74 Å². The van der Waals surface area contributed by atoms with E-state index in [1.165, 1.54) is 18.4 Å². The van der Waals surface area contributed by atoms with E-state index in [0.29, 0.717) is 0 Å². The molecule has 2 rings (SSSR count). The van der Waals surface area contributed by atoms with Gasteiger partial charge in [0.2, 0.25) is 0 Å². The molecule has 1 aliphatic carbocycles. The van der Waals surface area contributed by atoms with Gasteiger partial charge in [0.1, 0.15) is 5.60 Å². The highest BCUT2D eigenvalue weighted by Gasteiger charge is 2.26. The first-order valence-corrected chi connectivity index (χ1v) is 6.61. The van der Waals surface area contributed by atoms with Crippen LogP contribution in [0.4, 0.5) is 4.79 Å². The SMILES string of the molecule is CC(C)(C)OC(=O)N1CCC(=CC2CC2)CC1. The zero-order valence-corrected chi connectivity index (χ0v) is 11.2. The van der Waals surface area contributed by atoms with Crippen molar-refractivity contribution in [2.24, 2.45) is 5.92 Å². The molecule has 2 fully saturated rings. The highest BCUT2D eigenvalue weighted by Crippen LogP contribution is 2.33. The molecule has 1 amide bonds. The Kier molecular flexibility index (Phi) is 3.45. The molecule has 1 saturated heterocycles. The lowest BCUT2D eigenvalue weighted by Gasteiger charge is -2.31. The largest absolute Gasteiger partial charge is 0.444 e. The lowest BCUT2D eigenvalue weighted by Crippen LogP contribution is -2.40. The average Bonchev–Trinajstić information content (AvgIpc) is 3.00. The van der Waals surface area contributed by atoms with Gasteiger partial charge >= 0.3 is 6.09 Å². The van der Waals surface area contributed by atoms with Gasteiger partial charge in [0.15, 0.2) is 0 Å². The maximum atomic E-state index is 11.8. The van der Waals surface area contributed by atoms with Gasteiger partial charge in [-0.05, 0) is 52.4 Å². The van der Waals surface area contributed by atoms with Crippen molar-refractivity contribution in [1.29, 1.82) is 0 Å². The van der Waals surface area contributed by atoms with E-state index in [0.717, 1.165) is 31.8 Å². The van der Waals surface area contributed by atoms with Crippen molar-refractivity contribution in [1.82, 2.24) is 4.90 Å². The zero-order chi connectivity index (χ0) is 12.5. The van der Waals surface area contributed by atoms with Crippen LogP contribution in [0.25, 0.3) is 0 Å². The maximum Gasteiger partial charge on any atom is 0.410 e. The third-order valence-electron chi connectivity index (χ3n) is 3.15. The summed E-state index contributed by atoms with van der Waals surface area (Å²) in [6, 6.07) is 0. The molecule has 0 atom stereocenters. The molecule has 0 N–H and O–H groups in total. The van der Waals surface area contributed by atoms with E-state index in [4.69, 9.17) is 4.74 Å². The number of amides is 1. The van der Waals surface area contributed by atoms with Gasteiger partial charge in [-0.1, -0.05) is 11.6 Å². The first-order valence-electron chi connectivity index (χ1n) is 6.61. The van der Waals surface area contributed by atoms with Gasteiger partial charge in [-0.3, -0.25) is 0 Å². The Labute approximate surface area is 104 Å². The molecule has 1 saturated carbocycles. The van der Waals surface area contributed by atoms with Crippen molar-refractivity contribution in [2.75, 3.05) is 13.1 Å². The zero-order valence-electron chi connectivity index (χ0n) is 11.2. The van der Waals surface area contributed by atoms with Crippen LogP contribution in [0, 0.1) is 5.92 Å². The lowest BCUT2D eigenvalue weighted by molar-refractivity contribution is 0.0236. The Morgan fingerprint density at radius 2 is 1.88 bits per heavy atom. The summed E-state index contributed by atoms with van der Waals surface area (Å²) in [5.74, 6) is 0.845. The monoisotopic (exact) mass is 237 g/mol. The fourth-order valence-electron chi connectivity index (χ4n) is 2.07. The van der Waals surface area contributed by atoms with Gasteiger partial charge in [0.05, 0.1) is 0 Å². The first-order chi connectivity index (χ1) is 7.94. The second-order valence-corrected chi connectivity index (χ2v) is 6.13. The predicted molar refractivity (Wildman–Crippen MR) is 67.8 cm³/mol. The minimum Gasteiger partial charge on any atom is -0.444 e. The summed E-state index contributed by atoms with van der Waals surface area (Å²) < 4.78 is 5.37. The summed E-state index contributed by atoms with van der Waals surface area (Å²) in [5, 5.41) is 0. The van der Waals surface area contributed by atoms with Crippen molar-refractivity contribution >= 4 is 6.09 Å². The van der Waals surface area contributed by atoms with Crippen molar-refractivity contribution < 1.29 is 9.53 Å². The molecule has 96 valence electrons. The van der Waals surface area contributed by atoms with Crippen LogP contribution in [0.5, 0.6) is 0 Å². The van der Waals surface area contributed by atoms with Crippen molar-refractivity contribution in [3.63, 3.8) is 0 Å². The number of nitrogens with zero attached hydrogens (tertiary/aromatic N) is 1. The van der Waals surface area contributed by atoms with Gasteiger partial charge in [-0.25, -0.2) is 4.79 Å². The number of piperidine rings is 1. The number of hydrogen-bond acceptors (Lipinski definition) is 2. The minimum absolute atomic E-state index is 0.164. The summed E-state index contributed by atoms with van der Waals surface area (Å²) in [4.78, 5) is 13.7. The van der Waals surface area contributed by atoms with Crippen LogP contribution in [0.2, 0.25) is 0 Å².